The van der Waals surface area contributed by atoms with Crippen LogP contribution in [0.4, 0.5) is 0 Å². The molecule has 0 radical (unpaired) electrons. The molecule has 3 nitrogen and oxygen atoms in total. The summed E-state index contributed by atoms with van der Waals surface area (Å²) in [6.45, 7) is 0.462. The summed E-state index contributed by atoms with van der Waals surface area (Å²) in [6.07, 6.45) is 0. The average molecular weight is 378 g/mol. The standard InChI is InChI=1S/C14H14BrClO3S/c1-17-11-5-9(7-16)6-12(18-2)14(11)19-8-10-3-4-13(15)20-10/h3-6H,7-8H2,1-2H3. The molecule has 1 aromatic carbocycles. The van der Waals surface area contributed by atoms with Gasteiger partial charge >= 0.3 is 0 Å². The van der Waals surface area contributed by atoms with E-state index >= 15 is 0 Å². The second kappa shape index (κ2) is 7.20. The monoisotopic (exact) mass is 376 g/mol. The van der Waals surface area contributed by atoms with Gasteiger partial charge in [0.25, 0.3) is 0 Å². The first kappa shape index (κ1) is 15.5. The first-order valence-corrected chi connectivity index (χ1v) is 8.00. The molecule has 0 fully saturated rings. The van der Waals surface area contributed by atoms with Crippen molar-refractivity contribution in [2.75, 3.05) is 14.2 Å². The van der Waals surface area contributed by atoms with E-state index in [1.165, 1.54) is 0 Å². The zero-order valence-electron chi connectivity index (χ0n) is 11.1. The lowest BCUT2D eigenvalue weighted by Gasteiger charge is -2.15. The molecule has 1 heterocycles. The minimum absolute atomic E-state index is 0.394. The smallest absolute Gasteiger partial charge is 0.203 e. The summed E-state index contributed by atoms with van der Waals surface area (Å²) in [7, 11) is 3.20. The molecule has 0 aliphatic rings. The lowest BCUT2D eigenvalue weighted by Crippen LogP contribution is -2.00. The summed E-state index contributed by atoms with van der Waals surface area (Å²) < 4.78 is 17.6. The molecule has 20 heavy (non-hydrogen) atoms. The number of rotatable bonds is 6. The Hall–Kier alpha value is -0.910. The molecule has 1 aromatic heterocycles. The molecule has 0 aliphatic heterocycles. The molecule has 0 bridgehead atoms. The van der Waals surface area contributed by atoms with Gasteiger partial charge < -0.3 is 14.2 Å². The van der Waals surface area contributed by atoms with Gasteiger partial charge in [-0.15, -0.1) is 22.9 Å². The highest BCUT2D eigenvalue weighted by Gasteiger charge is 2.14. The van der Waals surface area contributed by atoms with Crippen LogP contribution < -0.4 is 14.2 Å². The summed E-state index contributed by atoms with van der Waals surface area (Å²) in [5, 5.41) is 0. The van der Waals surface area contributed by atoms with Crippen LogP contribution in [0.2, 0.25) is 0 Å². The number of hydrogen-bond acceptors (Lipinski definition) is 4. The van der Waals surface area contributed by atoms with Crippen molar-refractivity contribution in [1.82, 2.24) is 0 Å². The van der Waals surface area contributed by atoms with Gasteiger partial charge in [-0.05, 0) is 45.8 Å². The molecule has 108 valence electrons. The van der Waals surface area contributed by atoms with Crippen LogP contribution in [-0.2, 0) is 12.5 Å². The SMILES string of the molecule is COc1cc(CCl)cc(OC)c1OCc1ccc(Br)s1. The molecule has 0 saturated heterocycles. The summed E-state index contributed by atoms with van der Waals surface area (Å²) in [4.78, 5) is 1.11. The molecular formula is C14H14BrClO3S. The van der Waals surface area contributed by atoms with E-state index in [-0.39, 0.29) is 0 Å². The summed E-state index contributed by atoms with van der Waals surface area (Å²) in [6, 6.07) is 7.72. The second-order valence-corrected chi connectivity index (χ2v) is 6.77. The highest BCUT2D eigenvalue weighted by molar-refractivity contribution is 9.11. The van der Waals surface area contributed by atoms with Crippen molar-refractivity contribution in [3.8, 4) is 17.2 Å². The van der Waals surface area contributed by atoms with Crippen LogP contribution in [0.1, 0.15) is 10.4 Å². The maximum Gasteiger partial charge on any atom is 0.203 e. The number of hydrogen-bond donors (Lipinski definition) is 0. The van der Waals surface area contributed by atoms with Crippen LogP contribution in [-0.4, -0.2) is 14.2 Å². The lowest BCUT2D eigenvalue weighted by atomic mass is 10.2. The minimum Gasteiger partial charge on any atom is -0.493 e. The van der Waals surface area contributed by atoms with E-state index < -0.39 is 0 Å². The minimum atomic E-state index is 0.394. The van der Waals surface area contributed by atoms with E-state index in [9.17, 15) is 0 Å². The summed E-state index contributed by atoms with van der Waals surface area (Å²) in [5.41, 5.74) is 0.923. The van der Waals surface area contributed by atoms with E-state index in [4.69, 9.17) is 25.8 Å². The zero-order valence-corrected chi connectivity index (χ0v) is 14.3. The Bertz CT molecular complexity index is 561. The highest BCUT2D eigenvalue weighted by Crippen LogP contribution is 2.39. The third-order valence-corrected chi connectivity index (χ3v) is 4.57. The van der Waals surface area contributed by atoms with Gasteiger partial charge in [-0.3, -0.25) is 0 Å². The molecule has 0 amide bonds. The molecule has 0 atom stereocenters. The Morgan fingerprint density at radius 3 is 2.25 bits per heavy atom. The molecule has 6 heteroatoms. The van der Waals surface area contributed by atoms with Crippen LogP contribution in [0.15, 0.2) is 28.1 Å². The Labute approximate surface area is 135 Å². The average Bonchev–Trinajstić information content (AvgIpc) is 2.89. The number of benzene rings is 1. The van der Waals surface area contributed by atoms with E-state index in [1.807, 2.05) is 24.3 Å². The summed E-state index contributed by atoms with van der Waals surface area (Å²) in [5.74, 6) is 2.23. The van der Waals surface area contributed by atoms with Crippen molar-refractivity contribution in [2.45, 2.75) is 12.5 Å². The molecule has 2 rings (SSSR count). The van der Waals surface area contributed by atoms with Crippen LogP contribution >= 0.6 is 38.9 Å². The van der Waals surface area contributed by atoms with Gasteiger partial charge in [-0.2, -0.15) is 0 Å². The van der Waals surface area contributed by atoms with Crippen LogP contribution in [0.5, 0.6) is 17.2 Å². The Kier molecular flexibility index (Phi) is 5.57. The quantitative estimate of drug-likeness (QED) is 0.674. The van der Waals surface area contributed by atoms with Crippen LogP contribution in [0, 0.1) is 0 Å². The van der Waals surface area contributed by atoms with E-state index in [0.717, 1.165) is 14.2 Å². The van der Waals surface area contributed by atoms with Crippen molar-refractivity contribution in [3.05, 3.63) is 38.5 Å². The Balaban J connectivity index is 2.24. The predicted octanol–water partition coefficient (Wildman–Crippen LogP) is 4.85. The van der Waals surface area contributed by atoms with Gasteiger partial charge in [0.2, 0.25) is 5.75 Å². The maximum atomic E-state index is 5.86. The second-order valence-electron chi connectivity index (χ2n) is 3.96. The third-order valence-electron chi connectivity index (χ3n) is 2.66. The van der Waals surface area contributed by atoms with Crippen molar-refractivity contribution < 1.29 is 14.2 Å². The van der Waals surface area contributed by atoms with Crippen molar-refractivity contribution in [3.63, 3.8) is 0 Å². The first-order chi connectivity index (χ1) is 9.67. The van der Waals surface area contributed by atoms with Crippen LogP contribution in [0.25, 0.3) is 0 Å². The van der Waals surface area contributed by atoms with Crippen LogP contribution in [0.3, 0.4) is 0 Å². The third kappa shape index (κ3) is 3.59. The van der Waals surface area contributed by atoms with Gasteiger partial charge in [-0.25, -0.2) is 0 Å². The molecule has 0 spiro atoms. The van der Waals surface area contributed by atoms with Crippen molar-refractivity contribution in [1.29, 1.82) is 0 Å². The highest BCUT2D eigenvalue weighted by atomic mass is 79.9. The van der Waals surface area contributed by atoms with Gasteiger partial charge in [-0.1, -0.05) is 0 Å². The van der Waals surface area contributed by atoms with E-state index in [0.29, 0.717) is 29.7 Å². The lowest BCUT2D eigenvalue weighted by molar-refractivity contribution is 0.268. The number of alkyl halides is 1. The number of halogens is 2. The van der Waals surface area contributed by atoms with Crippen molar-refractivity contribution in [2.24, 2.45) is 0 Å². The van der Waals surface area contributed by atoms with E-state index in [2.05, 4.69) is 15.9 Å². The maximum absolute atomic E-state index is 5.86. The Morgan fingerprint density at radius 1 is 1.15 bits per heavy atom. The van der Waals surface area contributed by atoms with Gasteiger partial charge in [0.05, 0.1) is 18.0 Å². The molecule has 0 saturated carbocycles. The fourth-order valence-electron chi connectivity index (χ4n) is 1.73. The molecular weight excluding hydrogens is 364 g/mol. The summed E-state index contributed by atoms with van der Waals surface area (Å²) >= 11 is 10.9. The number of ether oxygens (including phenoxy) is 3. The van der Waals surface area contributed by atoms with Gasteiger partial charge in [0, 0.05) is 10.8 Å². The number of methoxy groups -OCH3 is 2. The number of thiophene rings is 1. The molecule has 0 aliphatic carbocycles. The van der Waals surface area contributed by atoms with E-state index in [1.54, 1.807) is 25.6 Å². The largest absolute Gasteiger partial charge is 0.493 e. The van der Waals surface area contributed by atoms with Gasteiger partial charge in [0.1, 0.15) is 6.61 Å². The molecule has 0 N–H and O–H groups in total. The zero-order chi connectivity index (χ0) is 14.5. The normalized spacial score (nSPS) is 10.4. The molecule has 0 unspecified atom stereocenters. The molecule has 2 aromatic rings. The van der Waals surface area contributed by atoms with Gasteiger partial charge in [0.15, 0.2) is 11.5 Å². The Morgan fingerprint density at radius 2 is 1.80 bits per heavy atom. The predicted molar refractivity (Wildman–Crippen MR) is 85.5 cm³/mol. The van der Waals surface area contributed by atoms with Crippen molar-refractivity contribution >= 4 is 38.9 Å². The topological polar surface area (TPSA) is 27.7 Å². The fourth-order valence-corrected chi connectivity index (χ4v) is 3.28. The fraction of sp³-hybridized carbons (Fsp3) is 0.286. The first-order valence-electron chi connectivity index (χ1n) is 5.85.